The Morgan fingerprint density at radius 3 is 1.12 bits per heavy atom. The number of ether oxygens (including phenoxy) is 4. The van der Waals surface area contributed by atoms with Crippen LogP contribution in [0.2, 0.25) is 0 Å². The number of carboxylic acids is 2. The van der Waals surface area contributed by atoms with Crippen LogP contribution in [0.25, 0.3) is 0 Å². The van der Waals surface area contributed by atoms with Gasteiger partial charge in [-0.15, -0.1) is 0 Å². The van der Waals surface area contributed by atoms with E-state index in [1.165, 1.54) is 13.8 Å². The molecule has 12 nitrogen and oxygen atoms in total. The average Bonchev–Trinajstić information content (AvgIpc) is 2.71. The molecule has 0 spiro atoms. The van der Waals surface area contributed by atoms with Crippen LogP contribution >= 0.6 is 0 Å². The molecule has 0 aliphatic carbocycles. The topological polar surface area (TPSA) is 180 Å². The first-order valence-corrected chi connectivity index (χ1v) is 8.67. The monoisotopic (exact) mass is 456 g/mol. The summed E-state index contributed by atoms with van der Waals surface area (Å²) in [5.41, 5.74) is 0.495. The first-order valence-electron chi connectivity index (χ1n) is 8.67. The van der Waals surface area contributed by atoms with E-state index in [1.54, 1.807) is 0 Å². The van der Waals surface area contributed by atoms with Gasteiger partial charge >= 0.3 is 35.8 Å². The number of carbonyl (C=O) groups is 6. The third-order valence-corrected chi connectivity index (χ3v) is 2.54. The fourth-order valence-electron chi connectivity index (χ4n) is 1.17. The van der Waals surface area contributed by atoms with Gasteiger partial charge in [-0.2, -0.15) is 0 Å². The fourth-order valence-corrected chi connectivity index (χ4v) is 1.17. The molecule has 0 aromatic heterocycles. The van der Waals surface area contributed by atoms with Crippen LogP contribution in [0.1, 0.15) is 13.8 Å². The summed E-state index contributed by atoms with van der Waals surface area (Å²) in [5.74, 6) is -5.26. The predicted molar refractivity (Wildman–Crippen MR) is 107 cm³/mol. The van der Waals surface area contributed by atoms with E-state index in [0.29, 0.717) is 12.2 Å². The molecule has 0 saturated heterocycles. The molecule has 0 saturated carbocycles. The molecule has 0 unspecified atom stereocenters. The van der Waals surface area contributed by atoms with Gasteiger partial charge in [-0.05, 0) is 13.8 Å². The Labute approximate surface area is 183 Å². The molecule has 2 N–H and O–H groups in total. The Balaban J connectivity index is 0. The number of hydrogen-bond donors (Lipinski definition) is 2. The summed E-state index contributed by atoms with van der Waals surface area (Å²) >= 11 is 0. The van der Waals surface area contributed by atoms with Gasteiger partial charge in [-0.3, -0.25) is 0 Å². The van der Waals surface area contributed by atoms with Crippen molar-refractivity contribution in [3.05, 3.63) is 48.6 Å². The number of aliphatic carboxylic acids is 2. The van der Waals surface area contributed by atoms with E-state index in [2.05, 4.69) is 32.1 Å². The van der Waals surface area contributed by atoms with E-state index in [1.807, 2.05) is 0 Å². The minimum absolute atomic E-state index is 0.0989. The number of hydrogen-bond acceptors (Lipinski definition) is 10. The molecule has 0 atom stereocenters. The van der Waals surface area contributed by atoms with Crippen molar-refractivity contribution in [2.24, 2.45) is 0 Å². The van der Waals surface area contributed by atoms with Gasteiger partial charge in [-0.1, -0.05) is 13.2 Å². The van der Waals surface area contributed by atoms with Crippen LogP contribution in [0.5, 0.6) is 0 Å². The second-order valence-corrected chi connectivity index (χ2v) is 5.51. The van der Waals surface area contributed by atoms with Gasteiger partial charge in [0, 0.05) is 35.5 Å². The molecule has 0 aliphatic rings. The van der Waals surface area contributed by atoms with Crippen LogP contribution in [-0.4, -0.2) is 72.5 Å². The molecule has 32 heavy (non-hydrogen) atoms. The van der Waals surface area contributed by atoms with Gasteiger partial charge in [-0.25, -0.2) is 28.8 Å². The van der Waals surface area contributed by atoms with Crippen LogP contribution in [0, 0.1) is 0 Å². The molecular weight excluding hydrogens is 432 g/mol. The van der Waals surface area contributed by atoms with Gasteiger partial charge in [0.2, 0.25) is 0 Å². The second-order valence-electron chi connectivity index (χ2n) is 5.51. The van der Waals surface area contributed by atoms with Crippen molar-refractivity contribution in [1.82, 2.24) is 0 Å². The summed E-state index contributed by atoms with van der Waals surface area (Å²) in [5, 5.41) is 16.4. The summed E-state index contributed by atoms with van der Waals surface area (Å²) in [6, 6.07) is 0. The summed E-state index contributed by atoms with van der Waals surface area (Å²) < 4.78 is 18.3. The number of carbonyl (C=O) groups excluding carboxylic acids is 4. The highest BCUT2D eigenvalue weighted by Gasteiger charge is 2.04. The van der Waals surface area contributed by atoms with Gasteiger partial charge in [0.1, 0.15) is 26.4 Å². The van der Waals surface area contributed by atoms with E-state index < -0.39 is 35.8 Å². The lowest BCUT2D eigenvalue weighted by atomic mass is 10.4. The van der Waals surface area contributed by atoms with Gasteiger partial charge in [0.05, 0.1) is 0 Å². The summed E-state index contributed by atoms with van der Waals surface area (Å²) in [6.45, 7) is 9.23. The zero-order valence-corrected chi connectivity index (χ0v) is 17.5. The molecule has 176 valence electrons. The summed E-state index contributed by atoms with van der Waals surface area (Å²) in [6.07, 6.45) is 2.84. The van der Waals surface area contributed by atoms with Crippen LogP contribution in [0.4, 0.5) is 0 Å². The summed E-state index contributed by atoms with van der Waals surface area (Å²) in [4.78, 5) is 63.3. The highest BCUT2D eigenvalue weighted by Crippen LogP contribution is 1.93. The Morgan fingerprint density at radius 1 is 0.594 bits per heavy atom. The molecule has 0 bridgehead atoms. The Bertz CT molecular complexity index is 722. The number of esters is 4. The zero-order chi connectivity index (χ0) is 25.1. The van der Waals surface area contributed by atoms with E-state index in [9.17, 15) is 28.8 Å². The van der Waals surface area contributed by atoms with Crippen LogP contribution < -0.4 is 0 Å². The molecule has 0 aromatic rings. The molecule has 0 heterocycles. The molecule has 0 radical (unpaired) electrons. The molecule has 0 aromatic carbocycles. The first-order chi connectivity index (χ1) is 14.9. The highest BCUT2D eigenvalue weighted by molar-refractivity contribution is 5.91. The van der Waals surface area contributed by atoms with Crippen LogP contribution in [0.15, 0.2) is 48.6 Å². The second kappa shape index (κ2) is 17.6. The lowest BCUT2D eigenvalue weighted by molar-refractivity contribution is -0.146. The Hall–Kier alpha value is -4.22. The average molecular weight is 456 g/mol. The van der Waals surface area contributed by atoms with Crippen molar-refractivity contribution in [3.8, 4) is 0 Å². The van der Waals surface area contributed by atoms with Gasteiger partial charge < -0.3 is 29.2 Å². The highest BCUT2D eigenvalue weighted by atomic mass is 16.6. The van der Waals surface area contributed by atoms with E-state index in [-0.39, 0.29) is 37.6 Å². The molecule has 0 rings (SSSR count). The smallest absolute Gasteiger partial charge is 0.333 e. The third kappa shape index (κ3) is 20.5. The SMILES string of the molecule is C=C(C)C(=O)OCCOC(=O)/C=C\C(=O)O.C=C(C)C(=O)OCCOC(=O)/C=C\C(=O)O. The normalized spacial score (nSPS) is 9.81. The molecule has 0 aliphatic heterocycles. The predicted octanol–water partition coefficient (Wildman–Crippen LogP) is 0.579. The van der Waals surface area contributed by atoms with Crippen molar-refractivity contribution < 1.29 is 57.9 Å². The van der Waals surface area contributed by atoms with Crippen molar-refractivity contribution in [2.45, 2.75) is 13.8 Å². The maximum Gasteiger partial charge on any atom is 0.333 e. The van der Waals surface area contributed by atoms with Crippen molar-refractivity contribution in [2.75, 3.05) is 26.4 Å². The fraction of sp³-hybridized carbons (Fsp3) is 0.300. The Kier molecular flexibility index (Phi) is 16.5. The van der Waals surface area contributed by atoms with Crippen molar-refractivity contribution in [3.63, 3.8) is 0 Å². The molecule has 0 amide bonds. The quantitative estimate of drug-likeness (QED) is 0.181. The largest absolute Gasteiger partial charge is 0.478 e. The minimum Gasteiger partial charge on any atom is -0.478 e. The van der Waals surface area contributed by atoms with E-state index in [0.717, 1.165) is 12.2 Å². The van der Waals surface area contributed by atoms with Gasteiger partial charge in [0.25, 0.3) is 0 Å². The van der Waals surface area contributed by atoms with Crippen molar-refractivity contribution in [1.29, 1.82) is 0 Å². The zero-order valence-electron chi connectivity index (χ0n) is 17.5. The lowest BCUT2D eigenvalue weighted by Gasteiger charge is -2.03. The maximum atomic E-state index is 10.8. The minimum atomic E-state index is -1.24. The van der Waals surface area contributed by atoms with Crippen molar-refractivity contribution >= 4 is 35.8 Å². The van der Waals surface area contributed by atoms with E-state index >= 15 is 0 Å². The standard InChI is InChI=1S/2C10H12O6/c2*1-7(2)10(14)16-6-5-15-9(13)4-3-8(11)12/h2*3-4H,1,5-6H2,2H3,(H,11,12)/b2*4-3-. The summed E-state index contributed by atoms with van der Waals surface area (Å²) in [7, 11) is 0. The number of rotatable bonds is 12. The number of carboxylic acid groups (broad SMARTS) is 2. The molecular formula is C20H24O12. The lowest BCUT2D eigenvalue weighted by Crippen LogP contribution is -2.13. The first kappa shape index (κ1) is 30.0. The Morgan fingerprint density at radius 2 is 0.875 bits per heavy atom. The molecule has 0 fully saturated rings. The molecule has 12 heteroatoms. The van der Waals surface area contributed by atoms with Gasteiger partial charge in [0.15, 0.2) is 0 Å². The van der Waals surface area contributed by atoms with Crippen LogP contribution in [0.3, 0.4) is 0 Å². The maximum absolute atomic E-state index is 10.8. The van der Waals surface area contributed by atoms with E-state index in [4.69, 9.17) is 10.2 Å². The third-order valence-electron chi connectivity index (χ3n) is 2.54. The van der Waals surface area contributed by atoms with Crippen LogP contribution in [-0.2, 0) is 47.7 Å².